The third kappa shape index (κ3) is 3.77. The molecule has 9 rings (SSSR count). The summed E-state index contributed by atoms with van der Waals surface area (Å²) in [4.78, 5) is 2.68. The van der Waals surface area contributed by atoms with Crippen molar-refractivity contribution in [3.05, 3.63) is 145 Å². The van der Waals surface area contributed by atoms with Crippen LogP contribution < -0.4 is 4.90 Å². The van der Waals surface area contributed by atoms with E-state index in [1.54, 1.807) is 0 Å². The van der Waals surface area contributed by atoms with Crippen LogP contribution in [0.4, 0.5) is 11.4 Å². The molecule has 0 N–H and O–H groups in total. The van der Waals surface area contributed by atoms with Gasteiger partial charge in [0.1, 0.15) is 0 Å². The number of fused-ring (bicyclic) bond motifs is 6. The van der Waals surface area contributed by atoms with Crippen LogP contribution in [0.1, 0.15) is 38.2 Å². The zero-order chi connectivity index (χ0) is 30.9. The van der Waals surface area contributed by atoms with Gasteiger partial charge in [0.2, 0.25) is 0 Å². The number of benzene rings is 7. The number of para-hydroxylation sites is 1. The molecule has 0 saturated heterocycles. The fraction of sp³-hybridized carbons (Fsp3) is 0.182. The lowest BCUT2D eigenvalue weighted by atomic mass is 9.71. The van der Waals surface area contributed by atoms with Crippen molar-refractivity contribution >= 4 is 55.5 Å². The second-order valence-corrected chi connectivity index (χ2v) is 14.4. The van der Waals surface area contributed by atoms with Crippen molar-refractivity contribution in [1.82, 2.24) is 0 Å². The highest BCUT2D eigenvalue weighted by Gasteiger charge is 2.60. The summed E-state index contributed by atoms with van der Waals surface area (Å²) in [7, 11) is 0. The minimum absolute atomic E-state index is 0.00926. The number of anilines is 2. The lowest BCUT2D eigenvalue weighted by Gasteiger charge is -2.51. The minimum Gasteiger partial charge on any atom is -0.334 e. The molecule has 2 heteroatoms. The van der Waals surface area contributed by atoms with Crippen molar-refractivity contribution in [3.63, 3.8) is 0 Å². The lowest BCUT2D eigenvalue weighted by molar-refractivity contribution is 0.262. The molecule has 0 radical (unpaired) electrons. The topological polar surface area (TPSA) is 3.24 Å². The average molecular weight is 612 g/mol. The van der Waals surface area contributed by atoms with Crippen LogP contribution in [-0.4, -0.2) is 11.8 Å². The summed E-state index contributed by atoms with van der Waals surface area (Å²) in [6.07, 6.45) is 7.28. The zero-order valence-electron chi connectivity index (χ0n) is 26.5. The lowest BCUT2D eigenvalue weighted by Crippen LogP contribution is -2.54. The van der Waals surface area contributed by atoms with Gasteiger partial charge in [-0.05, 0) is 110 Å². The van der Waals surface area contributed by atoms with E-state index in [9.17, 15) is 0 Å². The summed E-state index contributed by atoms with van der Waals surface area (Å²) in [5, 5.41) is 7.81. The van der Waals surface area contributed by atoms with E-state index in [-0.39, 0.29) is 10.3 Å². The second kappa shape index (κ2) is 10.5. The highest BCUT2D eigenvalue weighted by Crippen LogP contribution is 2.65. The molecule has 0 aromatic heterocycles. The van der Waals surface area contributed by atoms with Crippen LogP contribution in [0, 0.1) is 0 Å². The summed E-state index contributed by atoms with van der Waals surface area (Å²) in [6.45, 7) is 2.53. The molecule has 2 atom stereocenters. The van der Waals surface area contributed by atoms with E-state index in [0.29, 0.717) is 0 Å². The normalized spacial score (nSPS) is 20.7. The summed E-state index contributed by atoms with van der Waals surface area (Å²) in [5.41, 5.74) is 9.44. The second-order valence-electron chi connectivity index (χ2n) is 13.3. The van der Waals surface area contributed by atoms with Crippen molar-refractivity contribution < 1.29 is 0 Å². The van der Waals surface area contributed by atoms with Crippen LogP contribution >= 0.6 is 11.8 Å². The van der Waals surface area contributed by atoms with Gasteiger partial charge in [-0.15, -0.1) is 0 Å². The molecule has 0 bridgehead atoms. The maximum Gasteiger partial charge on any atom is 0.0658 e. The molecule has 2 unspecified atom stereocenters. The van der Waals surface area contributed by atoms with Crippen LogP contribution in [0.25, 0.3) is 54.6 Å². The molecule has 1 aliphatic carbocycles. The first-order chi connectivity index (χ1) is 22.6. The molecule has 1 fully saturated rings. The third-order valence-corrected chi connectivity index (χ3v) is 12.7. The molecular formula is C44H37NS. The maximum absolute atomic E-state index is 2.68. The first-order valence-electron chi connectivity index (χ1n) is 16.6. The standard InChI is InChI=1S/C44H37NS/c1-43-27-12-13-28-44(43,46-2)39-29-31(25-26-40(39)45(43)32-17-4-3-5-18-32)41-35-20-8-10-22-37(35)42(38-23-11-9-21-36(38)41)34-24-14-16-30-15-6-7-19-33(30)34/h3-11,14-26,29H,12-13,27-28H2,1-2H3. The van der Waals surface area contributed by atoms with Crippen LogP contribution in [0.15, 0.2) is 140 Å². The van der Waals surface area contributed by atoms with Gasteiger partial charge in [0.25, 0.3) is 0 Å². The van der Waals surface area contributed by atoms with Gasteiger partial charge in [0.05, 0.1) is 10.3 Å². The van der Waals surface area contributed by atoms with E-state index in [4.69, 9.17) is 0 Å². The van der Waals surface area contributed by atoms with E-state index in [2.05, 4.69) is 169 Å². The van der Waals surface area contributed by atoms with Crippen molar-refractivity contribution in [2.45, 2.75) is 42.9 Å². The highest BCUT2D eigenvalue weighted by molar-refractivity contribution is 7.99. The Morgan fingerprint density at radius 2 is 1.15 bits per heavy atom. The molecule has 0 amide bonds. The van der Waals surface area contributed by atoms with Gasteiger partial charge in [0, 0.05) is 11.4 Å². The smallest absolute Gasteiger partial charge is 0.0658 e. The van der Waals surface area contributed by atoms with Gasteiger partial charge in [-0.2, -0.15) is 11.8 Å². The first kappa shape index (κ1) is 27.8. The Bertz CT molecular complexity index is 2230. The summed E-state index contributed by atoms with van der Waals surface area (Å²) < 4.78 is 0.0287. The number of thioether (sulfide) groups is 1. The summed E-state index contributed by atoms with van der Waals surface area (Å²) in [5.74, 6) is 0. The molecule has 1 heterocycles. The van der Waals surface area contributed by atoms with Gasteiger partial charge >= 0.3 is 0 Å². The Balaban J connectivity index is 1.34. The molecule has 1 aliphatic heterocycles. The van der Waals surface area contributed by atoms with Crippen LogP contribution in [0.5, 0.6) is 0 Å². The Kier molecular flexibility index (Phi) is 6.34. The summed E-state index contributed by atoms with van der Waals surface area (Å²) >= 11 is 2.07. The molecule has 0 spiro atoms. The van der Waals surface area contributed by atoms with Gasteiger partial charge in [-0.1, -0.05) is 128 Å². The number of rotatable bonds is 4. The molecule has 2 aliphatic rings. The molecule has 7 aromatic rings. The fourth-order valence-corrected chi connectivity index (χ4v) is 10.5. The average Bonchev–Trinajstić information content (AvgIpc) is 3.35. The first-order valence-corrected chi connectivity index (χ1v) is 17.8. The van der Waals surface area contributed by atoms with Crippen molar-refractivity contribution in [1.29, 1.82) is 0 Å². The quantitative estimate of drug-likeness (QED) is 0.182. The number of nitrogens with zero attached hydrogens (tertiary/aromatic N) is 1. The Labute approximate surface area is 275 Å². The van der Waals surface area contributed by atoms with Crippen molar-refractivity contribution in [2.24, 2.45) is 0 Å². The Morgan fingerprint density at radius 1 is 0.565 bits per heavy atom. The summed E-state index contributed by atoms with van der Waals surface area (Å²) in [6, 6.07) is 52.2. The zero-order valence-corrected chi connectivity index (χ0v) is 27.3. The third-order valence-electron chi connectivity index (χ3n) is 11.1. The largest absolute Gasteiger partial charge is 0.334 e. The van der Waals surface area contributed by atoms with E-state index in [1.165, 1.54) is 97.2 Å². The van der Waals surface area contributed by atoms with E-state index >= 15 is 0 Å². The van der Waals surface area contributed by atoms with E-state index in [0.717, 1.165) is 0 Å². The predicted molar refractivity (Wildman–Crippen MR) is 200 cm³/mol. The Hall–Kier alpha value is -4.53. The van der Waals surface area contributed by atoms with Gasteiger partial charge in [-0.3, -0.25) is 0 Å². The van der Waals surface area contributed by atoms with Crippen LogP contribution in [0.2, 0.25) is 0 Å². The molecule has 224 valence electrons. The van der Waals surface area contributed by atoms with Gasteiger partial charge in [0.15, 0.2) is 0 Å². The van der Waals surface area contributed by atoms with Gasteiger partial charge < -0.3 is 4.90 Å². The maximum atomic E-state index is 2.68. The van der Waals surface area contributed by atoms with Gasteiger partial charge in [-0.25, -0.2) is 0 Å². The predicted octanol–water partition coefficient (Wildman–Crippen LogP) is 12.5. The van der Waals surface area contributed by atoms with E-state index in [1.807, 2.05) is 0 Å². The SMILES string of the molecule is CSC12CCCCC1(C)N(c1ccccc1)c1ccc(-c3c4ccccc4c(-c4cccc5ccccc45)c4ccccc34)cc12. The monoisotopic (exact) mass is 611 g/mol. The van der Waals surface area contributed by atoms with Crippen LogP contribution in [-0.2, 0) is 4.75 Å². The Morgan fingerprint density at radius 3 is 1.85 bits per heavy atom. The molecule has 46 heavy (non-hydrogen) atoms. The fourth-order valence-electron chi connectivity index (χ4n) is 9.11. The number of hydrogen-bond acceptors (Lipinski definition) is 2. The van der Waals surface area contributed by atoms with E-state index < -0.39 is 0 Å². The number of hydrogen-bond donors (Lipinski definition) is 0. The molecule has 1 nitrogen and oxygen atoms in total. The van der Waals surface area contributed by atoms with Crippen molar-refractivity contribution in [3.8, 4) is 22.3 Å². The minimum atomic E-state index is 0.00926. The highest BCUT2D eigenvalue weighted by atomic mass is 32.2. The molecule has 1 saturated carbocycles. The molecular weight excluding hydrogens is 575 g/mol. The molecule has 7 aromatic carbocycles. The van der Waals surface area contributed by atoms with Crippen molar-refractivity contribution in [2.75, 3.05) is 11.2 Å². The van der Waals surface area contributed by atoms with Crippen LogP contribution in [0.3, 0.4) is 0 Å².